The minimum atomic E-state index is 0.0293. The Balaban J connectivity index is 1.82. The summed E-state index contributed by atoms with van der Waals surface area (Å²) in [4.78, 5) is 15.0. The van der Waals surface area contributed by atoms with Crippen LogP contribution in [0, 0.1) is 0 Å². The maximum absolute atomic E-state index is 13.1. The number of hydrogen-bond donors (Lipinski definition) is 0. The molecule has 3 aromatic carbocycles. The fourth-order valence-corrected chi connectivity index (χ4v) is 2.90. The highest BCUT2D eigenvalue weighted by Crippen LogP contribution is 2.15. The van der Waals surface area contributed by atoms with Gasteiger partial charge in [-0.3, -0.25) is 4.79 Å². The van der Waals surface area contributed by atoms with E-state index in [9.17, 15) is 4.79 Å². The Morgan fingerprint density at radius 2 is 1.23 bits per heavy atom. The summed E-state index contributed by atoms with van der Waals surface area (Å²) in [6.45, 7) is 1.70. The molecule has 0 aromatic heterocycles. The SMILES string of the molecule is COCc1ccc(C(=O)N(Cc2ccccc2)Cc2ccccc2)cc1. The van der Waals surface area contributed by atoms with Crippen LogP contribution in [0.15, 0.2) is 84.9 Å². The van der Waals surface area contributed by atoms with Crippen LogP contribution in [0.25, 0.3) is 0 Å². The summed E-state index contributed by atoms with van der Waals surface area (Å²) < 4.78 is 5.14. The van der Waals surface area contributed by atoms with Crippen LogP contribution >= 0.6 is 0 Å². The zero-order chi connectivity index (χ0) is 18.2. The van der Waals surface area contributed by atoms with Crippen LogP contribution in [-0.2, 0) is 24.4 Å². The summed E-state index contributed by atoms with van der Waals surface area (Å²) in [5.74, 6) is 0.0293. The lowest BCUT2D eigenvalue weighted by molar-refractivity contribution is 0.0730. The van der Waals surface area contributed by atoms with Gasteiger partial charge in [-0.2, -0.15) is 0 Å². The van der Waals surface area contributed by atoms with E-state index in [1.54, 1.807) is 7.11 Å². The number of carbonyl (C=O) groups excluding carboxylic acids is 1. The lowest BCUT2D eigenvalue weighted by Crippen LogP contribution is -2.30. The van der Waals surface area contributed by atoms with Crippen LogP contribution in [0.5, 0.6) is 0 Å². The van der Waals surface area contributed by atoms with Gasteiger partial charge in [-0.1, -0.05) is 72.8 Å². The summed E-state index contributed by atoms with van der Waals surface area (Å²) in [5.41, 5.74) is 3.99. The van der Waals surface area contributed by atoms with Crippen molar-refractivity contribution in [2.24, 2.45) is 0 Å². The van der Waals surface area contributed by atoms with Gasteiger partial charge in [0.2, 0.25) is 0 Å². The summed E-state index contributed by atoms with van der Waals surface area (Å²) in [7, 11) is 1.67. The van der Waals surface area contributed by atoms with Gasteiger partial charge in [-0.25, -0.2) is 0 Å². The summed E-state index contributed by atoms with van der Waals surface area (Å²) in [6, 6.07) is 27.8. The van der Waals surface area contributed by atoms with Crippen molar-refractivity contribution in [3.8, 4) is 0 Å². The quantitative estimate of drug-likeness (QED) is 0.622. The van der Waals surface area contributed by atoms with Gasteiger partial charge in [0.15, 0.2) is 0 Å². The number of nitrogens with zero attached hydrogens (tertiary/aromatic N) is 1. The van der Waals surface area contributed by atoms with Gasteiger partial charge in [0.05, 0.1) is 6.61 Å². The molecule has 0 fully saturated rings. The Bertz CT molecular complexity index is 772. The third-order valence-electron chi connectivity index (χ3n) is 4.23. The number of amides is 1. The van der Waals surface area contributed by atoms with Crippen molar-refractivity contribution in [1.29, 1.82) is 0 Å². The molecule has 0 spiro atoms. The molecule has 3 nitrogen and oxygen atoms in total. The predicted octanol–water partition coefficient (Wildman–Crippen LogP) is 4.68. The zero-order valence-corrected chi connectivity index (χ0v) is 15.0. The Morgan fingerprint density at radius 3 is 1.69 bits per heavy atom. The van der Waals surface area contributed by atoms with Crippen molar-refractivity contribution in [3.63, 3.8) is 0 Å². The standard InChI is InChI=1S/C23H23NO2/c1-26-18-21-12-14-22(15-13-21)23(25)24(16-19-8-4-2-5-9-19)17-20-10-6-3-7-11-20/h2-15H,16-18H2,1H3. The second kappa shape index (κ2) is 8.97. The van der Waals surface area contributed by atoms with E-state index in [0.29, 0.717) is 25.3 Å². The van der Waals surface area contributed by atoms with Gasteiger partial charge in [-0.15, -0.1) is 0 Å². The van der Waals surface area contributed by atoms with E-state index in [1.807, 2.05) is 89.8 Å². The molecule has 0 bridgehead atoms. The van der Waals surface area contributed by atoms with Gasteiger partial charge < -0.3 is 9.64 Å². The van der Waals surface area contributed by atoms with Crippen LogP contribution in [0.3, 0.4) is 0 Å². The highest BCUT2D eigenvalue weighted by Gasteiger charge is 2.16. The third-order valence-corrected chi connectivity index (χ3v) is 4.23. The van der Waals surface area contributed by atoms with Crippen molar-refractivity contribution < 1.29 is 9.53 Å². The van der Waals surface area contributed by atoms with E-state index in [4.69, 9.17) is 4.74 Å². The number of methoxy groups -OCH3 is 1. The lowest BCUT2D eigenvalue weighted by Gasteiger charge is -2.23. The Labute approximate surface area is 154 Å². The van der Waals surface area contributed by atoms with Crippen LogP contribution in [0.1, 0.15) is 27.0 Å². The minimum absolute atomic E-state index is 0.0293. The molecule has 26 heavy (non-hydrogen) atoms. The van der Waals surface area contributed by atoms with Crippen LogP contribution in [0.2, 0.25) is 0 Å². The normalized spacial score (nSPS) is 10.5. The molecular weight excluding hydrogens is 322 g/mol. The number of hydrogen-bond acceptors (Lipinski definition) is 2. The number of carbonyl (C=O) groups is 1. The molecule has 3 heteroatoms. The molecule has 0 atom stereocenters. The second-order valence-corrected chi connectivity index (χ2v) is 6.26. The monoisotopic (exact) mass is 345 g/mol. The molecule has 1 amide bonds. The second-order valence-electron chi connectivity index (χ2n) is 6.26. The molecule has 0 radical (unpaired) electrons. The molecule has 0 N–H and O–H groups in total. The zero-order valence-electron chi connectivity index (χ0n) is 15.0. The van der Waals surface area contributed by atoms with E-state index in [1.165, 1.54) is 0 Å². The summed E-state index contributed by atoms with van der Waals surface area (Å²) in [6.07, 6.45) is 0. The first-order valence-electron chi connectivity index (χ1n) is 8.71. The highest BCUT2D eigenvalue weighted by atomic mass is 16.5. The van der Waals surface area contributed by atoms with Gasteiger partial charge in [0.1, 0.15) is 0 Å². The van der Waals surface area contributed by atoms with E-state index in [2.05, 4.69) is 0 Å². The summed E-state index contributed by atoms with van der Waals surface area (Å²) >= 11 is 0. The van der Waals surface area contributed by atoms with Gasteiger partial charge in [0, 0.05) is 25.8 Å². The molecule has 0 aliphatic heterocycles. The molecule has 0 heterocycles. The Hall–Kier alpha value is -2.91. The molecule has 0 saturated heterocycles. The van der Waals surface area contributed by atoms with Crippen molar-refractivity contribution in [1.82, 2.24) is 4.90 Å². The van der Waals surface area contributed by atoms with E-state index in [0.717, 1.165) is 16.7 Å². The first-order valence-corrected chi connectivity index (χ1v) is 8.71. The maximum atomic E-state index is 13.1. The average Bonchev–Trinajstić information content (AvgIpc) is 2.69. The van der Waals surface area contributed by atoms with Gasteiger partial charge in [0.25, 0.3) is 5.91 Å². The van der Waals surface area contributed by atoms with Crippen molar-refractivity contribution in [3.05, 3.63) is 107 Å². The highest BCUT2D eigenvalue weighted by molar-refractivity contribution is 5.94. The lowest BCUT2D eigenvalue weighted by atomic mass is 10.1. The van der Waals surface area contributed by atoms with Crippen molar-refractivity contribution in [2.45, 2.75) is 19.7 Å². The van der Waals surface area contributed by atoms with Crippen LogP contribution in [-0.4, -0.2) is 17.9 Å². The number of rotatable bonds is 7. The first kappa shape index (κ1) is 17.9. The van der Waals surface area contributed by atoms with Crippen LogP contribution in [0.4, 0.5) is 0 Å². The molecular formula is C23H23NO2. The smallest absolute Gasteiger partial charge is 0.254 e. The Morgan fingerprint density at radius 1 is 0.731 bits per heavy atom. The third kappa shape index (κ3) is 4.80. The maximum Gasteiger partial charge on any atom is 0.254 e. The predicted molar refractivity (Wildman–Crippen MR) is 104 cm³/mol. The van der Waals surface area contributed by atoms with E-state index >= 15 is 0 Å². The fraction of sp³-hybridized carbons (Fsp3) is 0.174. The van der Waals surface area contributed by atoms with Crippen molar-refractivity contribution >= 4 is 5.91 Å². The molecule has 3 rings (SSSR count). The number of benzene rings is 3. The molecule has 0 aliphatic carbocycles. The van der Waals surface area contributed by atoms with E-state index < -0.39 is 0 Å². The first-order chi connectivity index (χ1) is 12.8. The van der Waals surface area contributed by atoms with Gasteiger partial charge >= 0.3 is 0 Å². The molecule has 132 valence electrons. The van der Waals surface area contributed by atoms with Gasteiger partial charge in [-0.05, 0) is 28.8 Å². The summed E-state index contributed by atoms with van der Waals surface area (Å²) in [5, 5.41) is 0. The molecule has 3 aromatic rings. The average molecular weight is 345 g/mol. The van der Waals surface area contributed by atoms with Crippen molar-refractivity contribution in [2.75, 3.05) is 7.11 Å². The fourth-order valence-electron chi connectivity index (χ4n) is 2.90. The largest absolute Gasteiger partial charge is 0.380 e. The molecule has 0 unspecified atom stereocenters. The minimum Gasteiger partial charge on any atom is -0.380 e. The van der Waals surface area contributed by atoms with Crippen LogP contribution < -0.4 is 0 Å². The topological polar surface area (TPSA) is 29.5 Å². The molecule has 0 aliphatic rings. The molecule has 0 saturated carbocycles. The van der Waals surface area contributed by atoms with E-state index in [-0.39, 0.29) is 5.91 Å². The Kier molecular flexibility index (Phi) is 6.18. The number of ether oxygens (including phenoxy) is 1.